The van der Waals surface area contributed by atoms with Crippen LogP contribution < -0.4 is 0 Å². The third-order valence-electron chi connectivity index (χ3n) is 4.93. The van der Waals surface area contributed by atoms with E-state index in [0.29, 0.717) is 5.92 Å². The van der Waals surface area contributed by atoms with Gasteiger partial charge in [0.05, 0.1) is 18.3 Å². The first-order valence-corrected chi connectivity index (χ1v) is 7.32. The molecule has 1 heterocycles. The van der Waals surface area contributed by atoms with E-state index in [9.17, 15) is 5.11 Å². The third-order valence-corrected chi connectivity index (χ3v) is 4.93. The van der Waals surface area contributed by atoms with Crippen molar-refractivity contribution in [2.24, 2.45) is 5.41 Å². The van der Waals surface area contributed by atoms with Gasteiger partial charge >= 0.3 is 0 Å². The predicted molar refractivity (Wildman–Crippen MR) is 78.2 cm³/mol. The molecule has 0 spiro atoms. The summed E-state index contributed by atoms with van der Waals surface area (Å²) >= 11 is 0. The molecule has 0 saturated carbocycles. The summed E-state index contributed by atoms with van der Waals surface area (Å²) in [5.74, 6) is 0.495. The summed E-state index contributed by atoms with van der Waals surface area (Å²) in [7, 11) is 0. The van der Waals surface area contributed by atoms with Crippen LogP contribution in [-0.2, 0) is 4.74 Å². The minimum Gasteiger partial charge on any atom is -0.393 e. The van der Waals surface area contributed by atoms with Crippen LogP contribution in [0, 0.1) is 5.41 Å². The van der Waals surface area contributed by atoms with Gasteiger partial charge in [-0.2, -0.15) is 0 Å². The average Bonchev–Trinajstić information content (AvgIpc) is 2.67. The van der Waals surface area contributed by atoms with Crippen LogP contribution in [0.5, 0.6) is 0 Å². The van der Waals surface area contributed by atoms with Crippen molar-refractivity contribution in [1.29, 1.82) is 0 Å². The molecule has 2 rings (SSSR count). The summed E-state index contributed by atoms with van der Waals surface area (Å²) < 4.78 is 6.07. The van der Waals surface area contributed by atoms with Crippen molar-refractivity contribution in [3.05, 3.63) is 35.9 Å². The number of benzene rings is 1. The monoisotopic (exact) mass is 262 g/mol. The molecular weight excluding hydrogens is 236 g/mol. The third kappa shape index (κ3) is 3.01. The quantitative estimate of drug-likeness (QED) is 0.895. The molecule has 1 saturated heterocycles. The maximum absolute atomic E-state index is 9.97. The first-order chi connectivity index (χ1) is 8.93. The zero-order chi connectivity index (χ0) is 14.0. The Hall–Kier alpha value is -0.860. The van der Waals surface area contributed by atoms with E-state index in [1.807, 2.05) is 6.92 Å². The van der Waals surface area contributed by atoms with Gasteiger partial charge in [-0.15, -0.1) is 0 Å². The molecule has 19 heavy (non-hydrogen) atoms. The standard InChI is InChI=1S/C17H26O2/c1-12(15-8-6-5-7-9-15)10-16-11-17(4,13(2)18)14(3)19-16/h5-9,12-14,16,18H,10-11H2,1-4H3. The molecule has 106 valence electrons. The summed E-state index contributed by atoms with van der Waals surface area (Å²) in [5, 5.41) is 9.97. The van der Waals surface area contributed by atoms with Gasteiger partial charge in [-0.3, -0.25) is 0 Å². The summed E-state index contributed by atoms with van der Waals surface area (Å²) in [5.41, 5.74) is 1.26. The molecule has 2 heteroatoms. The first kappa shape index (κ1) is 14.5. The zero-order valence-corrected chi connectivity index (χ0v) is 12.5. The van der Waals surface area contributed by atoms with Gasteiger partial charge in [-0.1, -0.05) is 44.2 Å². The molecule has 5 atom stereocenters. The Morgan fingerprint density at radius 2 is 1.95 bits per heavy atom. The van der Waals surface area contributed by atoms with Crippen LogP contribution in [0.3, 0.4) is 0 Å². The summed E-state index contributed by atoms with van der Waals surface area (Å²) in [6, 6.07) is 10.6. The summed E-state index contributed by atoms with van der Waals surface area (Å²) in [6.07, 6.45) is 2.03. The summed E-state index contributed by atoms with van der Waals surface area (Å²) in [4.78, 5) is 0. The molecule has 0 radical (unpaired) electrons. The molecule has 1 aliphatic heterocycles. The van der Waals surface area contributed by atoms with E-state index in [1.165, 1.54) is 5.56 Å². The Kier molecular flexibility index (Phi) is 4.32. The highest BCUT2D eigenvalue weighted by molar-refractivity contribution is 5.19. The lowest BCUT2D eigenvalue weighted by atomic mass is 9.77. The fourth-order valence-corrected chi connectivity index (χ4v) is 3.11. The van der Waals surface area contributed by atoms with Crippen molar-refractivity contribution in [2.45, 2.75) is 64.8 Å². The van der Waals surface area contributed by atoms with Crippen molar-refractivity contribution in [2.75, 3.05) is 0 Å². The molecule has 0 aliphatic carbocycles. The Labute approximate surface area is 116 Å². The van der Waals surface area contributed by atoms with Gasteiger partial charge in [0.15, 0.2) is 0 Å². The van der Waals surface area contributed by atoms with E-state index < -0.39 is 0 Å². The SMILES string of the molecule is CC(CC1CC(C)(C(C)O)C(C)O1)c1ccccc1. The van der Waals surface area contributed by atoms with Crippen LogP contribution >= 0.6 is 0 Å². The lowest BCUT2D eigenvalue weighted by Crippen LogP contribution is -2.36. The maximum Gasteiger partial charge on any atom is 0.0629 e. The van der Waals surface area contributed by atoms with E-state index in [1.54, 1.807) is 0 Å². The lowest BCUT2D eigenvalue weighted by molar-refractivity contribution is -0.0217. The van der Waals surface area contributed by atoms with Crippen LogP contribution in [-0.4, -0.2) is 23.4 Å². The van der Waals surface area contributed by atoms with E-state index >= 15 is 0 Å². The molecule has 1 aliphatic rings. The van der Waals surface area contributed by atoms with Gasteiger partial charge in [0, 0.05) is 5.41 Å². The topological polar surface area (TPSA) is 29.5 Å². The van der Waals surface area contributed by atoms with Crippen LogP contribution in [0.2, 0.25) is 0 Å². The number of ether oxygens (including phenoxy) is 1. The normalized spacial score (nSPS) is 34.2. The second kappa shape index (κ2) is 5.64. The molecule has 5 unspecified atom stereocenters. The Morgan fingerprint density at radius 3 is 2.47 bits per heavy atom. The van der Waals surface area contributed by atoms with Crippen molar-refractivity contribution >= 4 is 0 Å². The van der Waals surface area contributed by atoms with E-state index in [2.05, 4.69) is 51.1 Å². The van der Waals surface area contributed by atoms with Crippen molar-refractivity contribution < 1.29 is 9.84 Å². The number of hydrogen-bond acceptors (Lipinski definition) is 2. The fraction of sp³-hybridized carbons (Fsp3) is 0.647. The number of aliphatic hydroxyl groups is 1. The van der Waals surface area contributed by atoms with E-state index in [4.69, 9.17) is 4.74 Å². The fourth-order valence-electron chi connectivity index (χ4n) is 3.11. The number of rotatable bonds is 4. The maximum atomic E-state index is 9.97. The minimum absolute atomic E-state index is 0.110. The zero-order valence-electron chi connectivity index (χ0n) is 12.5. The predicted octanol–water partition coefficient (Wildman–Crippen LogP) is 3.74. The van der Waals surface area contributed by atoms with E-state index in [0.717, 1.165) is 12.8 Å². The molecule has 0 amide bonds. The molecule has 0 bridgehead atoms. The van der Waals surface area contributed by atoms with Crippen LogP contribution in [0.1, 0.15) is 52.0 Å². The Bertz CT molecular complexity index is 401. The van der Waals surface area contributed by atoms with Crippen LogP contribution in [0.25, 0.3) is 0 Å². The lowest BCUT2D eigenvalue weighted by Gasteiger charge is -2.30. The minimum atomic E-state index is -0.320. The van der Waals surface area contributed by atoms with Gasteiger partial charge in [0.1, 0.15) is 0 Å². The Balaban J connectivity index is 1.99. The molecular formula is C17H26O2. The highest BCUT2D eigenvalue weighted by Crippen LogP contribution is 2.43. The first-order valence-electron chi connectivity index (χ1n) is 7.32. The largest absolute Gasteiger partial charge is 0.393 e. The smallest absolute Gasteiger partial charge is 0.0629 e. The van der Waals surface area contributed by atoms with Gasteiger partial charge in [-0.05, 0) is 38.2 Å². The van der Waals surface area contributed by atoms with Gasteiger partial charge in [0.2, 0.25) is 0 Å². The Morgan fingerprint density at radius 1 is 1.32 bits per heavy atom. The van der Waals surface area contributed by atoms with E-state index in [-0.39, 0.29) is 23.7 Å². The van der Waals surface area contributed by atoms with Gasteiger partial charge in [-0.25, -0.2) is 0 Å². The van der Waals surface area contributed by atoms with Gasteiger partial charge in [0.25, 0.3) is 0 Å². The highest BCUT2D eigenvalue weighted by Gasteiger charge is 2.45. The van der Waals surface area contributed by atoms with Crippen molar-refractivity contribution in [3.63, 3.8) is 0 Å². The molecule has 0 aromatic heterocycles. The average molecular weight is 262 g/mol. The van der Waals surface area contributed by atoms with Crippen LogP contribution in [0.4, 0.5) is 0 Å². The molecule has 2 nitrogen and oxygen atoms in total. The highest BCUT2D eigenvalue weighted by atomic mass is 16.5. The summed E-state index contributed by atoms with van der Waals surface area (Å²) in [6.45, 7) is 8.35. The van der Waals surface area contributed by atoms with Crippen molar-refractivity contribution in [3.8, 4) is 0 Å². The molecule has 1 aromatic rings. The van der Waals surface area contributed by atoms with Crippen LogP contribution in [0.15, 0.2) is 30.3 Å². The van der Waals surface area contributed by atoms with Crippen molar-refractivity contribution in [1.82, 2.24) is 0 Å². The number of hydrogen-bond donors (Lipinski definition) is 1. The molecule has 1 N–H and O–H groups in total. The second-order valence-corrected chi connectivity index (χ2v) is 6.33. The molecule has 1 fully saturated rings. The molecule has 1 aromatic carbocycles. The number of aliphatic hydroxyl groups excluding tert-OH is 1. The van der Waals surface area contributed by atoms with Gasteiger partial charge < -0.3 is 9.84 Å². The second-order valence-electron chi connectivity index (χ2n) is 6.33.